The van der Waals surface area contributed by atoms with Crippen LogP contribution in [0.3, 0.4) is 0 Å². The maximum absolute atomic E-state index is 5.22. The van der Waals surface area contributed by atoms with E-state index in [4.69, 9.17) is 4.74 Å². The van der Waals surface area contributed by atoms with Gasteiger partial charge in [0.15, 0.2) is 4.96 Å². The highest BCUT2D eigenvalue weighted by Gasteiger charge is 2.19. The molecule has 18 heavy (non-hydrogen) atoms. The number of hydrogen-bond acceptors (Lipinski definition) is 4. The van der Waals surface area contributed by atoms with Crippen LogP contribution in [0.2, 0.25) is 0 Å². The number of thiazole rings is 1. The molecule has 0 saturated heterocycles. The average Bonchev–Trinajstić information content (AvgIpc) is 2.76. The zero-order valence-corrected chi connectivity index (χ0v) is 12.5. The van der Waals surface area contributed by atoms with Gasteiger partial charge in [-0.25, -0.2) is 4.98 Å². The van der Waals surface area contributed by atoms with Gasteiger partial charge in [0, 0.05) is 30.3 Å². The SMILES string of the molecule is COCC(C)(C)NCc1c(C)nc2scc(C)n12. The first-order chi connectivity index (χ1) is 8.44. The first kappa shape index (κ1) is 13.5. The van der Waals surface area contributed by atoms with Gasteiger partial charge in [0.05, 0.1) is 18.0 Å². The number of fused-ring (bicyclic) bond motifs is 1. The second kappa shape index (κ2) is 4.99. The van der Waals surface area contributed by atoms with Gasteiger partial charge < -0.3 is 10.1 Å². The number of rotatable bonds is 5. The lowest BCUT2D eigenvalue weighted by Gasteiger charge is -2.25. The highest BCUT2D eigenvalue weighted by molar-refractivity contribution is 7.15. The van der Waals surface area contributed by atoms with Crippen LogP contribution in [0.4, 0.5) is 0 Å². The molecule has 0 amide bonds. The third-order valence-corrected chi connectivity index (χ3v) is 4.01. The monoisotopic (exact) mass is 267 g/mol. The van der Waals surface area contributed by atoms with Crippen LogP contribution in [0.5, 0.6) is 0 Å². The maximum Gasteiger partial charge on any atom is 0.194 e. The maximum atomic E-state index is 5.22. The molecule has 2 heterocycles. The molecule has 0 saturated carbocycles. The molecule has 0 aliphatic rings. The number of nitrogens with one attached hydrogen (secondary N) is 1. The molecule has 0 spiro atoms. The molecule has 100 valence electrons. The molecule has 0 radical (unpaired) electrons. The Morgan fingerprint density at radius 1 is 1.44 bits per heavy atom. The van der Waals surface area contributed by atoms with Crippen LogP contribution in [0.1, 0.15) is 30.9 Å². The van der Waals surface area contributed by atoms with E-state index < -0.39 is 0 Å². The van der Waals surface area contributed by atoms with E-state index in [1.807, 2.05) is 0 Å². The van der Waals surface area contributed by atoms with E-state index in [9.17, 15) is 0 Å². The Kier molecular flexibility index (Phi) is 3.75. The summed E-state index contributed by atoms with van der Waals surface area (Å²) in [5.41, 5.74) is 3.56. The molecule has 2 rings (SSSR count). The Bertz CT molecular complexity index is 542. The van der Waals surface area contributed by atoms with E-state index in [0.29, 0.717) is 6.61 Å². The van der Waals surface area contributed by atoms with Crippen molar-refractivity contribution in [2.24, 2.45) is 0 Å². The standard InChI is InChI=1S/C13H21N3OS/c1-9-7-18-12-15-10(2)11(16(9)12)6-14-13(3,4)8-17-5/h7,14H,6,8H2,1-5H3. The predicted molar refractivity (Wildman–Crippen MR) is 75.3 cm³/mol. The lowest BCUT2D eigenvalue weighted by Crippen LogP contribution is -2.43. The smallest absolute Gasteiger partial charge is 0.194 e. The minimum Gasteiger partial charge on any atom is -0.383 e. The first-order valence-corrected chi connectivity index (χ1v) is 6.98. The quantitative estimate of drug-likeness (QED) is 0.904. The van der Waals surface area contributed by atoms with Crippen molar-refractivity contribution >= 4 is 16.3 Å². The summed E-state index contributed by atoms with van der Waals surface area (Å²) in [6.07, 6.45) is 0. The second-order valence-electron chi connectivity index (χ2n) is 5.31. The molecule has 5 heteroatoms. The van der Waals surface area contributed by atoms with Crippen LogP contribution in [-0.4, -0.2) is 28.6 Å². The third kappa shape index (κ3) is 2.58. The number of ether oxygens (including phenoxy) is 1. The zero-order chi connectivity index (χ0) is 13.3. The fraction of sp³-hybridized carbons (Fsp3) is 0.615. The van der Waals surface area contributed by atoms with E-state index in [0.717, 1.165) is 17.2 Å². The van der Waals surface area contributed by atoms with E-state index in [-0.39, 0.29) is 5.54 Å². The van der Waals surface area contributed by atoms with Gasteiger partial charge in [-0.2, -0.15) is 0 Å². The third-order valence-electron chi connectivity index (χ3n) is 3.07. The molecule has 0 aliphatic heterocycles. The van der Waals surface area contributed by atoms with Crippen LogP contribution in [0.25, 0.3) is 4.96 Å². The predicted octanol–water partition coefficient (Wildman–Crippen LogP) is 2.53. The van der Waals surface area contributed by atoms with Gasteiger partial charge >= 0.3 is 0 Å². The fourth-order valence-electron chi connectivity index (χ4n) is 2.11. The Morgan fingerprint density at radius 2 is 2.17 bits per heavy atom. The minimum absolute atomic E-state index is 0.0325. The largest absolute Gasteiger partial charge is 0.383 e. The lowest BCUT2D eigenvalue weighted by molar-refractivity contribution is 0.127. The number of hydrogen-bond donors (Lipinski definition) is 1. The summed E-state index contributed by atoms with van der Waals surface area (Å²) in [6.45, 7) is 9.97. The van der Waals surface area contributed by atoms with Gasteiger partial charge in [-0.05, 0) is 27.7 Å². The Hall–Kier alpha value is -0.910. The topological polar surface area (TPSA) is 38.6 Å². The van der Waals surface area contributed by atoms with Crippen molar-refractivity contribution in [2.45, 2.75) is 39.8 Å². The highest BCUT2D eigenvalue weighted by Crippen LogP contribution is 2.20. The van der Waals surface area contributed by atoms with Crippen molar-refractivity contribution in [3.8, 4) is 0 Å². The Morgan fingerprint density at radius 3 is 2.83 bits per heavy atom. The van der Waals surface area contributed by atoms with Crippen molar-refractivity contribution in [3.63, 3.8) is 0 Å². The summed E-state index contributed by atoms with van der Waals surface area (Å²) >= 11 is 1.69. The second-order valence-corrected chi connectivity index (χ2v) is 6.15. The van der Waals surface area contributed by atoms with Crippen molar-refractivity contribution in [1.82, 2.24) is 14.7 Å². The van der Waals surface area contributed by atoms with Gasteiger partial charge in [-0.15, -0.1) is 11.3 Å². The van der Waals surface area contributed by atoms with Gasteiger partial charge in [0.25, 0.3) is 0 Å². The van der Waals surface area contributed by atoms with Crippen molar-refractivity contribution in [3.05, 3.63) is 22.5 Å². The number of imidazole rings is 1. The van der Waals surface area contributed by atoms with E-state index in [1.54, 1.807) is 18.4 Å². The molecule has 0 aliphatic carbocycles. The van der Waals surface area contributed by atoms with Gasteiger partial charge in [0.2, 0.25) is 0 Å². The lowest BCUT2D eigenvalue weighted by atomic mass is 10.1. The van der Waals surface area contributed by atoms with Gasteiger partial charge in [0.1, 0.15) is 0 Å². The Balaban J connectivity index is 2.21. The molecule has 0 atom stereocenters. The molecule has 1 N–H and O–H groups in total. The van der Waals surface area contributed by atoms with Crippen LogP contribution < -0.4 is 5.32 Å². The van der Waals surface area contributed by atoms with E-state index >= 15 is 0 Å². The van der Waals surface area contributed by atoms with Crippen molar-refractivity contribution in [1.29, 1.82) is 0 Å². The first-order valence-electron chi connectivity index (χ1n) is 6.10. The highest BCUT2D eigenvalue weighted by atomic mass is 32.1. The average molecular weight is 267 g/mol. The van der Waals surface area contributed by atoms with Gasteiger partial charge in [-0.1, -0.05) is 0 Å². The normalized spacial score (nSPS) is 12.5. The van der Waals surface area contributed by atoms with Crippen LogP contribution in [0.15, 0.2) is 5.38 Å². The number of nitrogens with zero attached hydrogens (tertiary/aromatic N) is 2. The molecule has 2 aromatic heterocycles. The van der Waals surface area contributed by atoms with Crippen LogP contribution in [-0.2, 0) is 11.3 Å². The molecule has 0 aromatic carbocycles. The van der Waals surface area contributed by atoms with Crippen LogP contribution >= 0.6 is 11.3 Å². The minimum atomic E-state index is -0.0325. The number of methoxy groups -OCH3 is 1. The number of aryl methyl sites for hydroxylation is 2. The van der Waals surface area contributed by atoms with Gasteiger partial charge in [-0.3, -0.25) is 4.40 Å². The van der Waals surface area contributed by atoms with E-state index in [1.165, 1.54) is 11.4 Å². The Labute approximate surface area is 112 Å². The summed E-state index contributed by atoms with van der Waals surface area (Å²) in [7, 11) is 1.73. The summed E-state index contributed by atoms with van der Waals surface area (Å²) in [4.78, 5) is 5.67. The molecule has 0 fully saturated rings. The van der Waals surface area contributed by atoms with Crippen molar-refractivity contribution < 1.29 is 4.74 Å². The van der Waals surface area contributed by atoms with E-state index in [2.05, 4.69) is 47.8 Å². The van der Waals surface area contributed by atoms with Crippen molar-refractivity contribution in [2.75, 3.05) is 13.7 Å². The summed E-state index contributed by atoms with van der Waals surface area (Å²) in [5, 5.41) is 5.68. The summed E-state index contributed by atoms with van der Waals surface area (Å²) < 4.78 is 7.45. The molecule has 0 bridgehead atoms. The molecule has 4 nitrogen and oxygen atoms in total. The number of aromatic nitrogens is 2. The summed E-state index contributed by atoms with van der Waals surface area (Å²) in [6, 6.07) is 0. The fourth-order valence-corrected chi connectivity index (χ4v) is 3.04. The molecule has 0 unspecified atom stereocenters. The summed E-state index contributed by atoms with van der Waals surface area (Å²) in [5.74, 6) is 0. The zero-order valence-electron chi connectivity index (χ0n) is 11.7. The molecular formula is C13H21N3OS. The van der Waals surface area contributed by atoms with Crippen LogP contribution in [0, 0.1) is 13.8 Å². The molecular weight excluding hydrogens is 246 g/mol. The molecule has 2 aromatic rings.